The van der Waals surface area contributed by atoms with Crippen molar-refractivity contribution < 1.29 is 19.1 Å². The summed E-state index contributed by atoms with van der Waals surface area (Å²) in [5.41, 5.74) is 2.15. The normalized spacial score (nSPS) is 21.5. The van der Waals surface area contributed by atoms with E-state index in [4.69, 9.17) is 9.47 Å². The highest BCUT2D eigenvalue weighted by atomic mass is 16.5. The minimum Gasteiger partial charge on any atom is -0.459 e. The Kier molecular flexibility index (Phi) is 7.78. The molecule has 2 aliphatic heterocycles. The lowest BCUT2D eigenvalue weighted by molar-refractivity contribution is -0.00764. The fourth-order valence-corrected chi connectivity index (χ4v) is 7.49. The molecule has 2 aliphatic rings. The van der Waals surface area contributed by atoms with Crippen LogP contribution in [-0.2, 0) is 9.47 Å². The van der Waals surface area contributed by atoms with E-state index in [1.165, 1.54) is 0 Å². The fraction of sp³-hybridized carbons (Fsp3) is 0.500. The molecule has 2 N–H and O–H groups in total. The van der Waals surface area contributed by atoms with Crippen LogP contribution in [0.4, 0.5) is 0 Å². The van der Waals surface area contributed by atoms with Gasteiger partial charge in [-0.2, -0.15) is 0 Å². The molecule has 0 aromatic heterocycles. The molecule has 0 aliphatic carbocycles. The first-order valence-corrected chi connectivity index (χ1v) is 15.1. The fourth-order valence-electron chi connectivity index (χ4n) is 7.49. The minimum atomic E-state index is -0.325. The van der Waals surface area contributed by atoms with Crippen molar-refractivity contribution >= 4 is 22.7 Å². The van der Waals surface area contributed by atoms with Gasteiger partial charge in [0.05, 0.1) is 11.1 Å². The van der Waals surface area contributed by atoms with E-state index >= 15 is 0 Å². The third kappa shape index (κ3) is 7.04. The van der Waals surface area contributed by atoms with Crippen LogP contribution in [-0.4, -0.2) is 46.3 Å². The summed E-state index contributed by atoms with van der Waals surface area (Å²) >= 11 is 0. The molecule has 2 fully saturated rings. The highest BCUT2D eigenvalue weighted by Crippen LogP contribution is 2.35. The summed E-state index contributed by atoms with van der Waals surface area (Å²) < 4.78 is 12.2. The van der Waals surface area contributed by atoms with Crippen LogP contribution in [0.25, 0.3) is 21.9 Å². The van der Waals surface area contributed by atoms with Gasteiger partial charge in [-0.3, -0.25) is 0 Å². The van der Waals surface area contributed by atoms with Gasteiger partial charge in [-0.25, -0.2) is 9.59 Å². The molecule has 0 amide bonds. The standard InChI is InChI=1S/C36H46N2O4/c1-33(2)19-27(20-34(3,4)37-33)41-31(39)24-15-13-23(14-16-24)29-17-25-11-9-10-12-26(25)18-30(29)32(40)42-28-21-35(5,6)38-36(7,8)22-28/h9-18,27-28,37-38H,19-22H2,1-8H3. The van der Waals surface area contributed by atoms with E-state index < -0.39 is 0 Å². The molecule has 0 saturated carbocycles. The van der Waals surface area contributed by atoms with Gasteiger partial charge < -0.3 is 20.1 Å². The predicted molar refractivity (Wildman–Crippen MR) is 169 cm³/mol. The quantitative estimate of drug-likeness (QED) is 0.311. The van der Waals surface area contributed by atoms with Crippen LogP contribution in [0, 0.1) is 0 Å². The van der Waals surface area contributed by atoms with Gasteiger partial charge in [-0.1, -0.05) is 36.4 Å². The van der Waals surface area contributed by atoms with E-state index in [2.05, 4.69) is 66.0 Å². The molecule has 0 radical (unpaired) electrons. The molecule has 0 unspecified atom stereocenters. The largest absolute Gasteiger partial charge is 0.459 e. The SMILES string of the molecule is CC1(C)CC(OC(=O)c2ccc(-c3cc4ccccc4cc3C(=O)OC3CC(C)(C)NC(C)(C)C3)cc2)CC(C)(C)N1. The van der Waals surface area contributed by atoms with E-state index in [0.717, 1.165) is 47.6 Å². The summed E-state index contributed by atoms with van der Waals surface area (Å²) in [6.07, 6.45) is 2.66. The minimum absolute atomic E-state index is 0.114. The van der Waals surface area contributed by atoms with Gasteiger partial charge in [0.25, 0.3) is 0 Å². The van der Waals surface area contributed by atoms with Crippen molar-refractivity contribution in [3.63, 3.8) is 0 Å². The smallest absolute Gasteiger partial charge is 0.339 e. The number of hydrogen-bond donors (Lipinski definition) is 2. The van der Waals surface area contributed by atoms with Gasteiger partial charge in [0, 0.05) is 47.8 Å². The number of ether oxygens (including phenoxy) is 2. The summed E-state index contributed by atoms with van der Waals surface area (Å²) in [5, 5.41) is 9.29. The maximum Gasteiger partial charge on any atom is 0.339 e. The number of piperidine rings is 2. The number of hydrogen-bond acceptors (Lipinski definition) is 6. The number of carbonyl (C=O) groups is 2. The molecule has 3 aromatic carbocycles. The molecule has 5 rings (SSSR count). The average molecular weight is 571 g/mol. The van der Waals surface area contributed by atoms with E-state index in [0.29, 0.717) is 11.1 Å². The number of fused-ring (bicyclic) bond motifs is 1. The van der Waals surface area contributed by atoms with Crippen LogP contribution in [0.5, 0.6) is 0 Å². The second-order valence-electron chi connectivity index (χ2n) is 15.0. The van der Waals surface area contributed by atoms with Crippen molar-refractivity contribution in [3.05, 3.63) is 71.8 Å². The maximum atomic E-state index is 13.8. The third-order valence-electron chi connectivity index (χ3n) is 8.39. The molecule has 0 bridgehead atoms. The lowest BCUT2D eigenvalue weighted by Gasteiger charge is -2.46. The first kappa shape index (κ1) is 30.2. The lowest BCUT2D eigenvalue weighted by Crippen LogP contribution is -2.59. The van der Waals surface area contributed by atoms with Gasteiger partial charge in [-0.15, -0.1) is 0 Å². The highest BCUT2D eigenvalue weighted by Gasteiger charge is 2.40. The van der Waals surface area contributed by atoms with Gasteiger partial charge in [-0.05, 0) is 102 Å². The zero-order valence-corrected chi connectivity index (χ0v) is 26.4. The van der Waals surface area contributed by atoms with Crippen molar-refractivity contribution in [1.29, 1.82) is 0 Å². The summed E-state index contributed by atoms with van der Waals surface area (Å²) in [4.78, 5) is 26.9. The first-order chi connectivity index (χ1) is 19.5. The second kappa shape index (κ2) is 10.8. The maximum absolute atomic E-state index is 13.8. The molecular weight excluding hydrogens is 524 g/mol. The van der Waals surface area contributed by atoms with Crippen molar-refractivity contribution in [2.75, 3.05) is 0 Å². The zero-order valence-electron chi connectivity index (χ0n) is 26.4. The molecule has 224 valence electrons. The van der Waals surface area contributed by atoms with Gasteiger partial charge in [0.2, 0.25) is 0 Å². The molecule has 6 heteroatoms. The van der Waals surface area contributed by atoms with Gasteiger partial charge >= 0.3 is 11.9 Å². The Morgan fingerprint density at radius 3 is 1.52 bits per heavy atom. The Balaban J connectivity index is 1.40. The van der Waals surface area contributed by atoms with Crippen molar-refractivity contribution in [2.24, 2.45) is 0 Å². The number of esters is 2. The summed E-state index contributed by atoms with van der Waals surface area (Å²) in [6, 6.07) is 19.3. The summed E-state index contributed by atoms with van der Waals surface area (Å²) in [5.74, 6) is -0.650. The highest BCUT2D eigenvalue weighted by molar-refractivity contribution is 6.03. The van der Waals surface area contributed by atoms with E-state index in [-0.39, 0.29) is 46.3 Å². The zero-order chi connectivity index (χ0) is 30.5. The molecule has 42 heavy (non-hydrogen) atoms. The van der Waals surface area contributed by atoms with E-state index in [1.54, 1.807) is 12.1 Å². The first-order valence-electron chi connectivity index (χ1n) is 15.1. The van der Waals surface area contributed by atoms with Crippen LogP contribution in [0.15, 0.2) is 60.7 Å². The van der Waals surface area contributed by atoms with Crippen molar-refractivity contribution in [3.8, 4) is 11.1 Å². The van der Waals surface area contributed by atoms with E-state index in [9.17, 15) is 9.59 Å². The summed E-state index contributed by atoms with van der Waals surface area (Å²) in [6.45, 7) is 17.2. The Hall–Kier alpha value is -3.22. The Morgan fingerprint density at radius 2 is 1.05 bits per heavy atom. The lowest BCUT2D eigenvalue weighted by atomic mass is 9.81. The van der Waals surface area contributed by atoms with Crippen LogP contribution in [0.2, 0.25) is 0 Å². The molecule has 2 heterocycles. The average Bonchev–Trinajstić information content (AvgIpc) is 2.84. The number of carbonyl (C=O) groups excluding carboxylic acids is 2. The Morgan fingerprint density at radius 1 is 0.619 bits per heavy atom. The Labute approximate surface area is 250 Å². The number of rotatable bonds is 5. The monoisotopic (exact) mass is 570 g/mol. The third-order valence-corrected chi connectivity index (χ3v) is 8.39. The van der Waals surface area contributed by atoms with Crippen LogP contribution in [0.1, 0.15) is 102 Å². The van der Waals surface area contributed by atoms with Crippen LogP contribution >= 0.6 is 0 Å². The molecule has 3 aromatic rings. The predicted octanol–water partition coefficient (Wildman–Crippen LogP) is 7.44. The molecule has 0 atom stereocenters. The number of nitrogens with one attached hydrogen (secondary N) is 2. The number of benzene rings is 3. The van der Waals surface area contributed by atoms with Gasteiger partial charge in [0.1, 0.15) is 12.2 Å². The van der Waals surface area contributed by atoms with Crippen molar-refractivity contribution in [2.45, 2.75) is 115 Å². The molecule has 6 nitrogen and oxygen atoms in total. The topological polar surface area (TPSA) is 76.7 Å². The van der Waals surface area contributed by atoms with E-state index in [1.807, 2.05) is 48.5 Å². The van der Waals surface area contributed by atoms with Crippen molar-refractivity contribution in [1.82, 2.24) is 10.6 Å². The summed E-state index contributed by atoms with van der Waals surface area (Å²) in [7, 11) is 0. The molecular formula is C36H46N2O4. The molecule has 0 spiro atoms. The van der Waals surface area contributed by atoms with Crippen LogP contribution < -0.4 is 10.6 Å². The Bertz CT molecular complexity index is 1450. The van der Waals surface area contributed by atoms with Gasteiger partial charge in [0.15, 0.2) is 0 Å². The van der Waals surface area contributed by atoms with Crippen LogP contribution in [0.3, 0.4) is 0 Å². The second-order valence-corrected chi connectivity index (χ2v) is 15.0. The molecule has 2 saturated heterocycles.